The number of nitrogens with two attached hydrogens (primary N) is 8. The highest BCUT2D eigenvalue weighted by Gasteiger charge is 2.50. The Morgan fingerprint density at radius 3 is 1.24 bits per heavy atom. The summed E-state index contributed by atoms with van der Waals surface area (Å²) in [7, 11) is 3.64. The minimum absolute atomic E-state index is 0.108. The van der Waals surface area contributed by atoms with Crippen LogP contribution in [0.25, 0.3) is 0 Å². The maximum Gasteiger partial charge on any atom is 0.176 e. The number of aliphatic hydroxyl groups is 8. The van der Waals surface area contributed by atoms with Crippen LogP contribution in [-0.4, -0.2) is 252 Å². The standard InChI is InChI=1S/C35H74N10O14/c1-44(10-14(46)12-54-32-24(48)16(38)6-18(40)30(32)58-34-22(42)28(52)26(50)20(8-36)56-34)4-3-5-45(2)11-15(47)13-55-33-25(49)17(39)7-19(41)31(33)59-35-23(43)29(53)27(51)21(9-37)57-35/h14-35,46-53H,3-13,36-43H2,1-2H3. The molecule has 0 radical (unpaired) electrons. The molecule has 348 valence electrons. The Labute approximate surface area is 344 Å². The lowest BCUT2D eigenvalue weighted by Gasteiger charge is -2.47. The smallest absolute Gasteiger partial charge is 0.176 e. The maximum atomic E-state index is 10.9. The quantitative estimate of drug-likeness (QED) is 0.0540. The van der Waals surface area contributed by atoms with Gasteiger partial charge in [-0.2, -0.15) is 0 Å². The minimum atomic E-state index is -1.38. The molecule has 4 aliphatic rings. The first-order chi connectivity index (χ1) is 27.8. The molecule has 2 saturated heterocycles. The van der Waals surface area contributed by atoms with Crippen molar-refractivity contribution in [2.24, 2.45) is 45.9 Å². The number of aliphatic hydroxyl groups excluding tert-OH is 8. The highest BCUT2D eigenvalue weighted by Crippen LogP contribution is 2.30. The zero-order chi connectivity index (χ0) is 43.9. The summed E-state index contributed by atoms with van der Waals surface area (Å²) in [6, 6.07) is -5.18. The Morgan fingerprint density at radius 1 is 0.542 bits per heavy atom. The van der Waals surface area contributed by atoms with Gasteiger partial charge in [0.1, 0.15) is 61.0 Å². The fourth-order valence-electron chi connectivity index (χ4n) is 8.19. The molecule has 0 aromatic heterocycles. The van der Waals surface area contributed by atoms with Crippen molar-refractivity contribution in [1.82, 2.24) is 9.80 Å². The summed E-state index contributed by atoms with van der Waals surface area (Å²) in [5, 5.41) is 84.9. The van der Waals surface area contributed by atoms with Gasteiger partial charge in [0, 0.05) is 50.3 Å². The Kier molecular flexibility index (Phi) is 19.9. The second-order valence-corrected chi connectivity index (χ2v) is 16.8. The normalized spacial score (nSPS) is 44.5. The molecule has 2 aliphatic carbocycles. The molecule has 22 atom stereocenters. The molecule has 59 heavy (non-hydrogen) atoms. The Balaban J connectivity index is 1.20. The predicted molar refractivity (Wildman–Crippen MR) is 209 cm³/mol. The molecular weight excluding hydrogens is 784 g/mol. The SMILES string of the molecule is CN(CCCN(C)CC(O)COC1C(O)C(N)CC(N)C1OC1OC(CN)C(O)C(O)C1N)CC(O)COC1C(O)C(N)CC(N)C1OC1OC(CN)C(O)C(O)C1N. The van der Waals surface area contributed by atoms with Crippen LogP contribution in [0, 0.1) is 0 Å². The third-order valence-electron chi connectivity index (χ3n) is 11.8. The van der Waals surface area contributed by atoms with Crippen molar-refractivity contribution >= 4 is 0 Å². The van der Waals surface area contributed by atoms with Gasteiger partial charge in [0.2, 0.25) is 0 Å². The molecule has 0 amide bonds. The first-order valence-electron chi connectivity index (χ1n) is 20.4. The zero-order valence-corrected chi connectivity index (χ0v) is 34.0. The van der Waals surface area contributed by atoms with Crippen molar-refractivity contribution in [2.75, 3.05) is 66.6 Å². The van der Waals surface area contributed by atoms with Crippen molar-refractivity contribution in [3.05, 3.63) is 0 Å². The van der Waals surface area contributed by atoms with Gasteiger partial charge in [0.05, 0.1) is 49.7 Å². The molecule has 0 aromatic carbocycles. The van der Waals surface area contributed by atoms with Crippen LogP contribution in [0.15, 0.2) is 0 Å². The second-order valence-electron chi connectivity index (χ2n) is 16.8. The van der Waals surface area contributed by atoms with Gasteiger partial charge in [-0.15, -0.1) is 0 Å². The number of hydrogen-bond acceptors (Lipinski definition) is 24. The van der Waals surface area contributed by atoms with Gasteiger partial charge >= 0.3 is 0 Å². The highest BCUT2D eigenvalue weighted by molar-refractivity contribution is 5.02. The zero-order valence-electron chi connectivity index (χ0n) is 34.0. The molecule has 4 rings (SSSR count). The van der Waals surface area contributed by atoms with Crippen molar-refractivity contribution < 1.29 is 69.3 Å². The summed E-state index contributed by atoms with van der Waals surface area (Å²) < 4.78 is 35.4. The number of rotatable bonds is 20. The first-order valence-corrected chi connectivity index (χ1v) is 20.4. The second kappa shape index (κ2) is 23.1. The van der Waals surface area contributed by atoms with E-state index in [0.717, 1.165) is 0 Å². The van der Waals surface area contributed by atoms with Crippen molar-refractivity contribution in [3.8, 4) is 0 Å². The van der Waals surface area contributed by atoms with Gasteiger partial charge in [-0.05, 0) is 46.4 Å². The fourth-order valence-corrected chi connectivity index (χ4v) is 8.19. The lowest BCUT2D eigenvalue weighted by molar-refractivity contribution is -0.292. The summed E-state index contributed by atoms with van der Waals surface area (Å²) in [6.07, 6.45) is -17.2. The Bertz CT molecular complexity index is 1140. The van der Waals surface area contributed by atoms with Crippen LogP contribution in [0.3, 0.4) is 0 Å². The molecular formula is C35H74N10O14. The molecule has 24 N–H and O–H groups in total. The van der Waals surface area contributed by atoms with E-state index < -0.39 is 134 Å². The van der Waals surface area contributed by atoms with Crippen LogP contribution in [0.2, 0.25) is 0 Å². The highest BCUT2D eigenvalue weighted by atomic mass is 16.7. The van der Waals surface area contributed by atoms with Gasteiger partial charge in [-0.25, -0.2) is 0 Å². The van der Waals surface area contributed by atoms with Crippen molar-refractivity contribution in [1.29, 1.82) is 0 Å². The van der Waals surface area contributed by atoms with E-state index in [1.807, 2.05) is 23.9 Å². The summed E-state index contributed by atoms with van der Waals surface area (Å²) >= 11 is 0. The molecule has 22 unspecified atom stereocenters. The average Bonchev–Trinajstić information content (AvgIpc) is 3.18. The molecule has 24 heteroatoms. The van der Waals surface area contributed by atoms with Crippen LogP contribution in [0.4, 0.5) is 0 Å². The van der Waals surface area contributed by atoms with E-state index in [1.165, 1.54) is 0 Å². The van der Waals surface area contributed by atoms with Gasteiger partial charge in [0.25, 0.3) is 0 Å². The minimum Gasteiger partial charge on any atom is -0.389 e. The molecule has 24 nitrogen and oxygen atoms in total. The molecule has 2 heterocycles. The largest absolute Gasteiger partial charge is 0.389 e. The van der Waals surface area contributed by atoms with Crippen LogP contribution in [0.1, 0.15) is 19.3 Å². The summed E-state index contributed by atoms with van der Waals surface area (Å²) in [5.74, 6) is 0. The number of likely N-dealkylation sites (N-methyl/N-ethyl adjacent to an activating group) is 2. The maximum absolute atomic E-state index is 10.9. The molecule has 0 aromatic rings. The van der Waals surface area contributed by atoms with Crippen LogP contribution in [-0.2, 0) is 28.4 Å². The molecule has 2 saturated carbocycles. The monoisotopic (exact) mass is 859 g/mol. The molecule has 0 bridgehead atoms. The fraction of sp³-hybridized carbons (Fsp3) is 1.00. The van der Waals surface area contributed by atoms with Gasteiger partial charge < -0.3 is 125 Å². The van der Waals surface area contributed by atoms with E-state index >= 15 is 0 Å². The topological polar surface area (TPSA) is 432 Å². The number of nitrogens with zero attached hydrogens (tertiary/aromatic N) is 2. The number of ether oxygens (including phenoxy) is 6. The lowest BCUT2D eigenvalue weighted by Crippen LogP contribution is -2.68. The van der Waals surface area contributed by atoms with Gasteiger partial charge in [-0.3, -0.25) is 0 Å². The molecule has 0 spiro atoms. The summed E-state index contributed by atoms with van der Waals surface area (Å²) in [6.45, 7) is 0.961. The van der Waals surface area contributed by atoms with Crippen molar-refractivity contribution in [3.63, 3.8) is 0 Å². The van der Waals surface area contributed by atoms with E-state index in [1.54, 1.807) is 0 Å². The Hall–Kier alpha value is -0.960. The third kappa shape index (κ3) is 13.1. The molecule has 2 aliphatic heterocycles. The Morgan fingerprint density at radius 2 is 0.898 bits per heavy atom. The van der Waals surface area contributed by atoms with Crippen molar-refractivity contribution in [2.45, 2.75) is 154 Å². The summed E-state index contributed by atoms with van der Waals surface area (Å²) in [5.41, 5.74) is 48.5. The van der Waals surface area contributed by atoms with Crippen LogP contribution in [0.5, 0.6) is 0 Å². The van der Waals surface area contributed by atoms with Crippen LogP contribution >= 0.6 is 0 Å². The average molecular weight is 859 g/mol. The lowest BCUT2D eigenvalue weighted by atomic mass is 9.84. The van der Waals surface area contributed by atoms with E-state index in [2.05, 4.69) is 0 Å². The number of hydrogen-bond donors (Lipinski definition) is 16. The van der Waals surface area contributed by atoms with E-state index in [4.69, 9.17) is 74.3 Å². The van der Waals surface area contributed by atoms with Gasteiger partial charge in [0.15, 0.2) is 12.6 Å². The first kappa shape index (κ1) is 50.7. The molecule has 4 fully saturated rings. The van der Waals surface area contributed by atoms with E-state index in [0.29, 0.717) is 19.5 Å². The summed E-state index contributed by atoms with van der Waals surface area (Å²) in [4.78, 5) is 3.79. The third-order valence-corrected chi connectivity index (χ3v) is 11.8. The van der Waals surface area contributed by atoms with Crippen LogP contribution < -0.4 is 45.9 Å². The van der Waals surface area contributed by atoms with Gasteiger partial charge in [-0.1, -0.05) is 0 Å². The predicted octanol–water partition coefficient (Wildman–Crippen LogP) is -10.2. The van der Waals surface area contributed by atoms with E-state index in [-0.39, 0.29) is 52.2 Å². The van der Waals surface area contributed by atoms with E-state index in [9.17, 15) is 40.9 Å².